The van der Waals surface area contributed by atoms with Gasteiger partial charge in [-0.3, -0.25) is 14.5 Å². The molecular weight excluding hydrogens is 578 g/mol. The summed E-state index contributed by atoms with van der Waals surface area (Å²) in [5.41, 5.74) is 5.53. The minimum absolute atomic E-state index is 0.163. The largest absolute Gasteiger partial charge is 0.383 e. The van der Waals surface area contributed by atoms with E-state index < -0.39 is 0 Å². The van der Waals surface area contributed by atoms with E-state index in [0.717, 1.165) is 99.8 Å². The van der Waals surface area contributed by atoms with Crippen LogP contribution < -0.4 is 15.8 Å². The van der Waals surface area contributed by atoms with Crippen LogP contribution in [-0.4, -0.2) is 99.5 Å². The predicted octanol–water partition coefficient (Wildman–Crippen LogP) is 4.66. The first-order chi connectivity index (χ1) is 22.2. The molecule has 2 heterocycles. The number of aryl methyl sites for hydroxylation is 2. The number of aromatic amines is 1. The van der Waals surface area contributed by atoms with Gasteiger partial charge in [-0.15, -0.1) is 0 Å². The van der Waals surface area contributed by atoms with Gasteiger partial charge in [0.05, 0.1) is 26.4 Å². The maximum Gasteiger partial charge on any atom is 0.253 e. The second kappa shape index (κ2) is 18.9. The molecule has 46 heavy (non-hydrogen) atoms. The van der Waals surface area contributed by atoms with Crippen LogP contribution in [0, 0.1) is 32.6 Å². The number of benzene rings is 1. The molecule has 1 saturated heterocycles. The van der Waals surface area contributed by atoms with Crippen molar-refractivity contribution in [1.82, 2.24) is 20.1 Å². The van der Waals surface area contributed by atoms with Gasteiger partial charge in [-0.2, -0.15) is 0 Å². The Kier molecular flexibility index (Phi) is 15.3. The number of nitrogens with one attached hydrogen (secondary N) is 2. The van der Waals surface area contributed by atoms with Gasteiger partial charge in [0.1, 0.15) is 0 Å². The van der Waals surface area contributed by atoms with Gasteiger partial charge in [-0.05, 0) is 89.8 Å². The van der Waals surface area contributed by atoms with Crippen molar-refractivity contribution >= 4 is 11.6 Å². The molecule has 0 bridgehead atoms. The summed E-state index contributed by atoms with van der Waals surface area (Å²) in [4.78, 5) is 36.4. The standard InChI is InChI=1S/C35H51N5O4.C2H6/c1-7-40(30-12-10-29(11-13-30)38(5)15-18-43-6)33-23-28(9-8-14-39-16-19-44-20-17-39)22-31(27(33)4)34(41)36-24-32-25(2)21-26(3)37-35(32)42;1-2/h21-23,29-30H,7,10-20,24H2,1-6H3,(H,36,41)(H,37,42);1-2H3. The van der Waals surface area contributed by atoms with Crippen LogP contribution in [0.1, 0.15) is 84.8 Å². The topological polar surface area (TPSA) is 90.1 Å². The number of likely N-dealkylation sites (N-methyl/N-ethyl adjacent to an activating group) is 1. The highest BCUT2D eigenvalue weighted by Crippen LogP contribution is 2.33. The molecule has 2 aromatic rings. The number of rotatable bonds is 11. The molecule has 0 atom stereocenters. The summed E-state index contributed by atoms with van der Waals surface area (Å²) in [6.07, 6.45) is 4.47. The highest BCUT2D eigenvalue weighted by Gasteiger charge is 2.29. The predicted molar refractivity (Wildman–Crippen MR) is 188 cm³/mol. The third-order valence-electron chi connectivity index (χ3n) is 9.21. The summed E-state index contributed by atoms with van der Waals surface area (Å²) in [5, 5.41) is 3.03. The second-order valence-electron chi connectivity index (χ2n) is 12.2. The number of H-pyrrole nitrogens is 1. The van der Waals surface area contributed by atoms with Crippen LogP contribution in [0.25, 0.3) is 0 Å². The normalized spacial score (nSPS) is 18.3. The molecule has 9 heteroatoms. The number of hydrogen-bond acceptors (Lipinski definition) is 7. The Morgan fingerprint density at radius 3 is 2.39 bits per heavy atom. The Bertz CT molecular complexity index is 1380. The molecule has 1 aliphatic carbocycles. The average Bonchev–Trinajstić information content (AvgIpc) is 3.06. The highest BCUT2D eigenvalue weighted by atomic mass is 16.5. The number of pyridine rings is 1. The molecule has 1 amide bonds. The molecule has 254 valence electrons. The third kappa shape index (κ3) is 10.2. The number of aromatic nitrogens is 1. The molecule has 0 spiro atoms. The molecule has 9 nitrogen and oxygen atoms in total. The summed E-state index contributed by atoms with van der Waals surface area (Å²) >= 11 is 0. The summed E-state index contributed by atoms with van der Waals surface area (Å²) in [7, 11) is 3.95. The monoisotopic (exact) mass is 635 g/mol. The van der Waals surface area contributed by atoms with E-state index in [0.29, 0.717) is 29.8 Å². The zero-order valence-corrected chi connectivity index (χ0v) is 29.6. The lowest BCUT2D eigenvalue weighted by molar-refractivity contribution is 0.0443. The van der Waals surface area contributed by atoms with E-state index in [-0.39, 0.29) is 18.0 Å². The Morgan fingerprint density at radius 2 is 1.76 bits per heavy atom. The molecule has 1 saturated carbocycles. The molecule has 0 unspecified atom stereocenters. The number of carbonyl (C=O) groups is 1. The highest BCUT2D eigenvalue weighted by molar-refractivity contribution is 5.97. The van der Waals surface area contributed by atoms with E-state index in [4.69, 9.17) is 9.47 Å². The third-order valence-corrected chi connectivity index (χ3v) is 9.21. The fourth-order valence-corrected chi connectivity index (χ4v) is 6.54. The fourth-order valence-electron chi connectivity index (χ4n) is 6.54. The lowest BCUT2D eigenvalue weighted by atomic mass is 9.88. The Balaban J connectivity index is 0.00000282. The number of nitrogens with zero attached hydrogens (tertiary/aromatic N) is 3. The van der Waals surface area contributed by atoms with Crippen molar-refractivity contribution in [1.29, 1.82) is 0 Å². The van der Waals surface area contributed by atoms with Gasteiger partial charge in [0.2, 0.25) is 0 Å². The summed E-state index contributed by atoms with van der Waals surface area (Å²) < 4.78 is 10.8. The summed E-state index contributed by atoms with van der Waals surface area (Å²) in [6.45, 7) is 18.6. The van der Waals surface area contributed by atoms with Crippen molar-refractivity contribution in [3.05, 3.63) is 62.1 Å². The van der Waals surface area contributed by atoms with Crippen LogP contribution in [0.5, 0.6) is 0 Å². The molecule has 0 radical (unpaired) electrons. The van der Waals surface area contributed by atoms with Crippen molar-refractivity contribution in [2.45, 2.75) is 85.9 Å². The zero-order valence-electron chi connectivity index (χ0n) is 29.6. The van der Waals surface area contributed by atoms with Crippen molar-refractivity contribution in [2.24, 2.45) is 0 Å². The van der Waals surface area contributed by atoms with Crippen LogP contribution >= 0.6 is 0 Å². The SMILES string of the molecule is CC.CCN(c1cc(C#CCN2CCOCC2)cc(C(=O)NCc2c(C)cc(C)[nH]c2=O)c1C)C1CCC(N(C)CCOC)CC1. The van der Waals surface area contributed by atoms with Crippen LogP contribution in [-0.2, 0) is 16.0 Å². The first kappa shape index (κ1) is 37.3. The number of anilines is 1. The van der Waals surface area contributed by atoms with Gasteiger partial charge in [-0.25, -0.2) is 0 Å². The van der Waals surface area contributed by atoms with E-state index in [9.17, 15) is 9.59 Å². The Hall–Kier alpha value is -3.16. The minimum atomic E-state index is -0.195. The first-order valence-electron chi connectivity index (χ1n) is 17.1. The zero-order chi connectivity index (χ0) is 33.6. The first-order valence-corrected chi connectivity index (χ1v) is 17.1. The second-order valence-corrected chi connectivity index (χ2v) is 12.2. The smallest absolute Gasteiger partial charge is 0.253 e. The summed E-state index contributed by atoms with van der Waals surface area (Å²) in [6, 6.07) is 6.95. The molecule has 2 aliphatic rings. The van der Waals surface area contributed by atoms with E-state index in [1.807, 2.05) is 46.8 Å². The molecule has 1 aromatic carbocycles. The Morgan fingerprint density at radius 1 is 1.09 bits per heavy atom. The molecule has 2 fully saturated rings. The van der Waals surface area contributed by atoms with Crippen LogP contribution in [0.3, 0.4) is 0 Å². The van der Waals surface area contributed by atoms with E-state index in [1.54, 1.807) is 7.11 Å². The number of methoxy groups -OCH3 is 1. The molecule has 1 aromatic heterocycles. The minimum Gasteiger partial charge on any atom is -0.383 e. The van der Waals surface area contributed by atoms with Crippen molar-refractivity contribution in [3.63, 3.8) is 0 Å². The number of amides is 1. The molecule has 2 N–H and O–H groups in total. The molecule has 4 rings (SSSR count). The number of morpholine rings is 1. The maximum absolute atomic E-state index is 13.7. The van der Waals surface area contributed by atoms with Crippen LogP contribution in [0.4, 0.5) is 5.69 Å². The van der Waals surface area contributed by atoms with E-state index in [1.165, 1.54) is 0 Å². The van der Waals surface area contributed by atoms with Crippen molar-refractivity contribution in [2.75, 3.05) is 71.6 Å². The van der Waals surface area contributed by atoms with E-state index >= 15 is 0 Å². The number of ether oxygens (including phenoxy) is 2. The Labute approximate surface area is 277 Å². The van der Waals surface area contributed by atoms with Gasteiger partial charge >= 0.3 is 0 Å². The average molecular weight is 636 g/mol. The fraction of sp³-hybridized carbons (Fsp3) is 0.622. The maximum atomic E-state index is 13.7. The van der Waals surface area contributed by atoms with Crippen molar-refractivity contribution < 1.29 is 14.3 Å². The van der Waals surface area contributed by atoms with Gasteiger partial charge in [0, 0.05) is 80.0 Å². The molecular formula is C37H57N5O4. The van der Waals surface area contributed by atoms with Crippen LogP contribution in [0.2, 0.25) is 0 Å². The number of hydrogen-bond donors (Lipinski definition) is 2. The van der Waals surface area contributed by atoms with Crippen molar-refractivity contribution in [3.8, 4) is 11.8 Å². The van der Waals surface area contributed by atoms with Gasteiger partial charge in [0.25, 0.3) is 11.5 Å². The van der Waals surface area contributed by atoms with Gasteiger partial charge in [-0.1, -0.05) is 25.7 Å². The van der Waals surface area contributed by atoms with E-state index in [2.05, 4.69) is 56.9 Å². The number of carbonyl (C=O) groups excluding carboxylic acids is 1. The lowest BCUT2D eigenvalue weighted by Crippen LogP contribution is -2.44. The van der Waals surface area contributed by atoms with Gasteiger partial charge in [0.15, 0.2) is 0 Å². The summed E-state index contributed by atoms with van der Waals surface area (Å²) in [5.74, 6) is 6.51. The molecule has 1 aliphatic heterocycles. The quantitative estimate of drug-likeness (QED) is 0.348. The lowest BCUT2D eigenvalue weighted by Gasteiger charge is -2.41. The van der Waals surface area contributed by atoms with Gasteiger partial charge < -0.3 is 29.6 Å². The van der Waals surface area contributed by atoms with Crippen LogP contribution in [0.15, 0.2) is 23.0 Å².